The van der Waals surface area contributed by atoms with Crippen molar-refractivity contribution >= 4 is 27.6 Å². The Hall–Kier alpha value is -1.07. The molecule has 3 N–H and O–H groups in total. The first kappa shape index (κ1) is 13.0. The fourth-order valence-corrected chi connectivity index (χ4v) is 1.76. The van der Waals surface area contributed by atoms with Gasteiger partial charge < -0.3 is 15.7 Å². The van der Waals surface area contributed by atoms with Crippen molar-refractivity contribution in [3.05, 3.63) is 28.2 Å². The van der Waals surface area contributed by atoms with Gasteiger partial charge in [0.05, 0.1) is 0 Å². The number of hydrogen-bond acceptors (Lipinski definition) is 3. The van der Waals surface area contributed by atoms with Gasteiger partial charge in [-0.15, -0.1) is 0 Å². The van der Waals surface area contributed by atoms with Gasteiger partial charge in [-0.1, -0.05) is 22.0 Å². The van der Waals surface area contributed by atoms with E-state index < -0.39 is 5.97 Å². The number of anilines is 1. The minimum absolute atomic E-state index is 0.0350. The van der Waals surface area contributed by atoms with Crippen molar-refractivity contribution in [3.8, 4) is 0 Å². The van der Waals surface area contributed by atoms with Crippen LogP contribution < -0.4 is 10.6 Å². The van der Waals surface area contributed by atoms with Gasteiger partial charge in [-0.2, -0.15) is 0 Å². The van der Waals surface area contributed by atoms with Crippen LogP contribution in [0, 0.1) is 6.92 Å². The van der Waals surface area contributed by atoms with E-state index in [1.165, 1.54) is 0 Å². The van der Waals surface area contributed by atoms with Crippen molar-refractivity contribution in [2.45, 2.75) is 6.92 Å². The Morgan fingerprint density at radius 1 is 1.56 bits per heavy atom. The van der Waals surface area contributed by atoms with Crippen LogP contribution in [0.15, 0.2) is 22.7 Å². The molecular formula is C11H15BrN2O2. The largest absolute Gasteiger partial charge is 0.480 e. The van der Waals surface area contributed by atoms with Crippen LogP contribution in [0.2, 0.25) is 0 Å². The number of nitrogens with zero attached hydrogens (tertiary/aromatic N) is 1. The van der Waals surface area contributed by atoms with Crippen molar-refractivity contribution in [1.82, 2.24) is 0 Å². The Kier molecular flexibility index (Phi) is 4.76. The topological polar surface area (TPSA) is 66.6 Å². The summed E-state index contributed by atoms with van der Waals surface area (Å²) in [5.74, 6) is -0.856. The quantitative estimate of drug-likeness (QED) is 0.863. The summed E-state index contributed by atoms with van der Waals surface area (Å²) in [7, 11) is 0. The molecule has 5 heteroatoms. The van der Waals surface area contributed by atoms with Gasteiger partial charge in [-0.05, 0) is 24.6 Å². The van der Waals surface area contributed by atoms with E-state index in [2.05, 4.69) is 15.9 Å². The van der Waals surface area contributed by atoms with Gasteiger partial charge in [0.1, 0.15) is 6.54 Å². The maximum absolute atomic E-state index is 10.7. The summed E-state index contributed by atoms with van der Waals surface area (Å²) in [5, 5.41) is 8.80. The Labute approximate surface area is 103 Å². The van der Waals surface area contributed by atoms with E-state index in [0.29, 0.717) is 13.1 Å². The summed E-state index contributed by atoms with van der Waals surface area (Å²) in [5.41, 5.74) is 7.45. The number of aryl methyl sites for hydroxylation is 1. The van der Waals surface area contributed by atoms with Crippen LogP contribution in [0.25, 0.3) is 0 Å². The summed E-state index contributed by atoms with van der Waals surface area (Å²) < 4.78 is 0.970. The summed E-state index contributed by atoms with van der Waals surface area (Å²) >= 11 is 3.43. The Balaban J connectivity index is 2.91. The molecule has 0 aliphatic heterocycles. The number of halogens is 1. The zero-order chi connectivity index (χ0) is 12.1. The molecular weight excluding hydrogens is 272 g/mol. The molecule has 16 heavy (non-hydrogen) atoms. The lowest BCUT2D eigenvalue weighted by atomic mass is 10.2. The third-order valence-corrected chi connectivity index (χ3v) is 3.10. The first-order chi connectivity index (χ1) is 7.54. The van der Waals surface area contributed by atoms with Crippen molar-refractivity contribution in [2.75, 3.05) is 24.5 Å². The molecule has 0 aliphatic carbocycles. The number of carbonyl (C=O) groups is 1. The van der Waals surface area contributed by atoms with E-state index >= 15 is 0 Å². The number of benzene rings is 1. The van der Waals surface area contributed by atoms with Crippen LogP contribution in [0.3, 0.4) is 0 Å². The smallest absolute Gasteiger partial charge is 0.323 e. The van der Waals surface area contributed by atoms with E-state index in [-0.39, 0.29) is 6.54 Å². The average molecular weight is 287 g/mol. The number of carboxylic acids is 1. The normalized spacial score (nSPS) is 10.2. The van der Waals surface area contributed by atoms with E-state index in [1.54, 1.807) is 4.90 Å². The Bertz CT molecular complexity index is 382. The highest BCUT2D eigenvalue weighted by Gasteiger charge is 2.10. The number of carboxylic acid groups (broad SMARTS) is 1. The molecule has 1 rings (SSSR count). The average Bonchev–Trinajstić information content (AvgIpc) is 2.21. The molecule has 0 saturated carbocycles. The number of hydrogen-bond donors (Lipinski definition) is 2. The van der Waals surface area contributed by atoms with Crippen LogP contribution in [0.5, 0.6) is 0 Å². The molecule has 0 atom stereocenters. The first-order valence-electron chi connectivity index (χ1n) is 4.97. The lowest BCUT2D eigenvalue weighted by molar-refractivity contribution is -0.135. The van der Waals surface area contributed by atoms with Crippen LogP contribution >= 0.6 is 15.9 Å². The molecule has 0 radical (unpaired) electrons. The highest BCUT2D eigenvalue weighted by Crippen LogP contribution is 2.23. The molecule has 88 valence electrons. The summed E-state index contributed by atoms with van der Waals surface area (Å²) in [6.45, 7) is 2.91. The zero-order valence-corrected chi connectivity index (χ0v) is 10.7. The second kappa shape index (κ2) is 5.86. The van der Waals surface area contributed by atoms with Crippen LogP contribution in [-0.2, 0) is 4.79 Å². The molecule has 0 saturated heterocycles. The fourth-order valence-electron chi connectivity index (χ4n) is 1.40. The Morgan fingerprint density at radius 2 is 2.25 bits per heavy atom. The van der Waals surface area contributed by atoms with Gasteiger partial charge in [0.2, 0.25) is 0 Å². The minimum atomic E-state index is -0.856. The van der Waals surface area contributed by atoms with E-state index in [0.717, 1.165) is 15.7 Å². The second-order valence-corrected chi connectivity index (χ2v) is 4.39. The SMILES string of the molecule is Cc1ccc(N(CCN)CC(=O)O)cc1Br. The molecule has 0 amide bonds. The van der Waals surface area contributed by atoms with Gasteiger partial charge >= 0.3 is 5.97 Å². The molecule has 0 unspecified atom stereocenters. The lowest BCUT2D eigenvalue weighted by Gasteiger charge is -2.22. The predicted octanol–water partition coefficient (Wildman–Crippen LogP) is 1.61. The maximum atomic E-state index is 10.7. The fraction of sp³-hybridized carbons (Fsp3) is 0.364. The monoisotopic (exact) mass is 286 g/mol. The summed E-state index contributed by atoms with van der Waals surface area (Å²) in [6, 6.07) is 5.76. The van der Waals surface area contributed by atoms with Gasteiger partial charge in [-0.3, -0.25) is 4.79 Å². The minimum Gasteiger partial charge on any atom is -0.480 e. The van der Waals surface area contributed by atoms with E-state index in [9.17, 15) is 4.79 Å². The summed E-state index contributed by atoms with van der Waals surface area (Å²) in [6.07, 6.45) is 0. The lowest BCUT2D eigenvalue weighted by Crippen LogP contribution is -2.34. The van der Waals surface area contributed by atoms with Crippen LogP contribution in [-0.4, -0.2) is 30.7 Å². The molecule has 0 spiro atoms. The first-order valence-corrected chi connectivity index (χ1v) is 5.77. The summed E-state index contributed by atoms with van der Waals surface area (Å²) in [4.78, 5) is 12.5. The number of nitrogens with two attached hydrogens (primary N) is 1. The van der Waals surface area contributed by atoms with Gasteiger partial charge in [-0.25, -0.2) is 0 Å². The third-order valence-electron chi connectivity index (χ3n) is 2.25. The second-order valence-electron chi connectivity index (χ2n) is 3.54. The van der Waals surface area contributed by atoms with Crippen molar-refractivity contribution in [3.63, 3.8) is 0 Å². The van der Waals surface area contributed by atoms with Crippen molar-refractivity contribution in [1.29, 1.82) is 0 Å². The standard InChI is InChI=1S/C11H15BrN2O2/c1-8-2-3-9(6-10(8)12)14(5-4-13)7-11(15)16/h2-3,6H,4-5,7,13H2,1H3,(H,15,16). The predicted molar refractivity (Wildman–Crippen MR) is 67.8 cm³/mol. The van der Waals surface area contributed by atoms with Crippen molar-refractivity contribution in [2.24, 2.45) is 5.73 Å². The van der Waals surface area contributed by atoms with Crippen molar-refractivity contribution < 1.29 is 9.90 Å². The highest BCUT2D eigenvalue weighted by molar-refractivity contribution is 9.10. The molecule has 0 aromatic heterocycles. The van der Waals surface area contributed by atoms with Gasteiger partial charge in [0.25, 0.3) is 0 Å². The molecule has 0 aliphatic rings. The van der Waals surface area contributed by atoms with Gasteiger partial charge in [0, 0.05) is 23.2 Å². The van der Waals surface area contributed by atoms with Crippen LogP contribution in [0.4, 0.5) is 5.69 Å². The Morgan fingerprint density at radius 3 is 2.75 bits per heavy atom. The molecule has 0 bridgehead atoms. The number of aliphatic carboxylic acids is 1. The number of rotatable bonds is 5. The molecule has 1 aromatic carbocycles. The molecule has 0 fully saturated rings. The molecule has 0 heterocycles. The molecule has 4 nitrogen and oxygen atoms in total. The maximum Gasteiger partial charge on any atom is 0.323 e. The van der Waals surface area contributed by atoms with Gasteiger partial charge in [0.15, 0.2) is 0 Å². The highest BCUT2D eigenvalue weighted by atomic mass is 79.9. The van der Waals surface area contributed by atoms with E-state index in [1.807, 2.05) is 25.1 Å². The zero-order valence-electron chi connectivity index (χ0n) is 9.11. The molecule has 1 aromatic rings. The van der Waals surface area contributed by atoms with E-state index in [4.69, 9.17) is 10.8 Å². The third kappa shape index (κ3) is 3.50. The van der Waals surface area contributed by atoms with Crippen LogP contribution in [0.1, 0.15) is 5.56 Å².